The lowest BCUT2D eigenvalue weighted by atomic mass is 10.1. The first kappa shape index (κ1) is 21.8. The predicted molar refractivity (Wildman–Crippen MR) is 114 cm³/mol. The molecule has 2 amide bonds. The number of hydrogen-bond donors (Lipinski definition) is 2. The summed E-state index contributed by atoms with van der Waals surface area (Å²) in [5.41, 5.74) is 7.89. The molecule has 0 saturated heterocycles. The Labute approximate surface area is 176 Å². The summed E-state index contributed by atoms with van der Waals surface area (Å²) in [6.45, 7) is 0.897. The first-order valence-corrected chi connectivity index (χ1v) is 11.6. The van der Waals surface area contributed by atoms with E-state index in [2.05, 4.69) is 4.72 Å². The average Bonchev–Trinajstić information content (AvgIpc) is 2.94. The number of nitrogens with one attached hydrogen (secondary N) is 1. The Morgan fingerprint density at radius 2 is 1.67 bits per heavy atom. The van der Waals surface area contributed by atoms with Gasteiger partial charge < -0.3 is 10.5 Å². The van der Waals surface area contributed by atoms with Gasteiger partial charge in [0.1, 0.15) is 5.75 Å². The van der Waals surface area contributed by atoms with Crippen molar-refractivity contribution in [2.45, 2.75) is 25.8 Å². The molecule has 8 nitrogen and oxygen atoms in total. The molecular weight excluding hydrogens is 406 g/mol. The number of unbranched alkanes of at least 4 members (excludes halogenated alkanes) is 2. The number of benzene rings is 2. The molecule has 1 aliphatic rings. The number of fused-ring (bicyclic) bond motifs is 1. The number of rotatable bonds is 10. The molecular formula is C21H25N3O5S. The second-order valence-corrected chi connectivity index (χ2v) is 9.01. The minimum absolute atomic E-state index is 0.0962. The highest BCUT2D eigenvalue weighted by Gasteiger charge is 2.34. The summed E-state index contributed by atoms with van der Waals surface area (Å²) >= 11 is 0. The maximum Gasteiger partial charge on any atom is 0.261 e. The van der Waals surface area contributed by atoms with Crippen LogP contribution in [0.1, 0.15) is 45.5 Å². The summed E-state index contributed by atoms with van der Waals surface area (Å²) in [6, 6.07) is 11.9. The van der Waals surface area contributed by atoms with Gasteiger partial charge in [0.2, 0.25) is 10.0 Å². The van der Waals surface area contributed by atoms with Crippen LogP contribution >= 0.6 is 0 Å². The number of imide groups is 1. The van der Waals surface area contributed by atoms with Gasteiger partial charge in [-0.05, 0) is 49.6 Å². The zero-order valence-electron chi connectivity index (χ0n) is 16.8. The van der Waals surface area contributed by atoms with Crippen LogP contribution < -0.4 is 15.2 Å². The third-order valence-electron chi connectivity index (χ3n) is 4.77. The zero-order valence-corrected chi connectivity index (χ0v) is 17.6. The lowest BCUT2D eigenvalue weighted by Crippen LogP contribution is -2.30. The van der Waals surface area contributed by atoms with Crippen molar-refractivity contribution < 1.29 is 22.7 Å². The van der Waals surface area contributed by atoms with Crippen molar-refractivity contribution in [3.63, 3.8) is 0 Å². The number of anilines is 1. The van der Waals surface area contributed by atoms with Gasteiger partial charge in [0, 0.05) is 24.3 Å². The van der Waals surface area contributed by atoms with E-state index < -0.39 is 10.0 Å². The molecule has 0 unspecified atom stereocenters. The van der Waals surface area contributed by atoms with Crippen molar-refractivity contribution in [1.82, 2.24) is 9.62 Å². The van der Waals surface area contributed by atoms with E-state index in [0.717, 1.165) is 19.1 Å². The van der Waals surface area contributed by atoms with Gasteiger partial charge >= 0.3 is 0 Å². The van der Waals surface area contributed by atoms with Gasteiger partial charge in [-0.15, -0.1) is 0 Å². The Morgan fingerprint density at radius 3 is 2.30 bits per heavy atom. The summed E-state index contributed by atoms with van der Waals surface area (Å²) in [5.74, 6) is 0.0918. The number of carbonyl (C=O) groups is 2. The fourth-order valence-corrected chi connectivity index (χ4v) is 3.68. The summed E-state index contributed by atoms with van der Waals surface area (Å²) in [4.78, 5) is 26.0. The highest BCUT2D eigenvalue weighted by atomic mass is 32.2. The van der Waals surface area contributed by atoms with Crippen LogP contribution in [-0.4, -0.2) is 44.5 Å². The van der Waals surface area contributed by atoms with Crippen LogP contribution in [0.4, 0.5) is 5.69 Å². The average molecular weight is 432 g/mol. The van der Waals surface area contributed by atoms with Crippen LogP contribution in [0, 0.1) is 0 Å². The number of nitrogens with zero attached hydrogens (tertiary/aromatic N) is 1. The van der Waals surface area contributed by atoms with Crippen LogP contribution in [0.15, 0.2) is 42.5 Å². The molecule has 0 aromatic heterocycles. The number of nitrogens with two attached hydrogens (primary N) is 1. The van der Waals surface area contributed by atoms with Crippen LogP contribution in [0.5, 0.6) is 5.75 Å². The molecule has 0 fully saturated rings. The Balaban J connectivity index is 1.44. The maximum absolute atomic E-state index is 12.3. The number of carbonyl (C=O) groups excluding carboxylic acids is 2. The van der Waals surface area contributed by atoms with E-state index >= 15 is 0 Å². The van der Waals surface area contributed by atoms with Crippen molar-refractivity contribution in [2.24, 2.45) is 0 Å². The Kier molecular flexibility index (Phi) is 6.73. The van der Waals surface area contributed by atoms with Gasteiger partial charge in [-0.2, -0.15) is 0 Å². The molecule has 0 saturated carbocycles. The summed E-state index contributed by atoms with van der Waals surface area (Å²) in [5, 5.41) is 0. The van der Waals surface area contributed by atoms with Crippen molar-refractivity contribution in [1.29, 1.82) is 0 Å². The van der Waals surface area contributed by atoms with Crippen molar-refractivity contribution in [3.8, 4) is 5.75 Å². The largest absolute Gasteiger partial charge is 0.493 e. The van der Waals surface area contributed by atoms with Gasteiger partial charge in [-0.3, -0.25) is 14.5 Å². The molecule has 0 aliphatic carbocycles. The van der Waals surface area contributed by atoms with Gasteiger partial charge in [0.25, 0.3) is 11.8 Å². The molecule has 0 spiro atoms. The van der Waals surface area contributed by atoms with Crippen molar-refractivity contribution in [2.75, 3.05) is 25.1 Å². The molecule has 1 aliphatic heterocycles. The Bertz CT molecular complexity index is 1020. The van der Waals surface area contributed by atoms with E-state index in [1.807, 2.05) is 0 Å². The Morgan fingerprint density at radius 1 is 1.00 bits per heavy atom. The molecule has 3 rings (SSSR count). The van der Waals surface area contributed by atoms with E-state index in [-0.39, 0.29) is 18.4 Å². The number of sulfonamides is 1. The van der Waals surface area contributed by atoms with Crippen LogP contribution in [0.25, 0.3) is 0 Å². The normalized spacial score (nSPS) is 13.6. The molecule has 160 valence electrons. The van der Waals surface area contributed by atoms with Gasteiger partial charge in [0.05, 0.1) is 24.0 Å². The van der Waals surface area contributed by atoms with Crippen molar-refractivity contribution in [3.05, 3.63) is 59.2 Å². The van der Waals surface area contributed by atoms with Crippen molar-refractivity contribution >= 4 is 27.5 Å². The van der Waals surface area contributed by atoms with E-state index in [4.69, 9.17) is 10.5 Å². The van der Waals surface area contributed by atoms with E-state index in [1.54, 1.807) is 42.5 Å². The van der Waals surface area contributed by atoms with Crippen LogP contribution in [-0.2, 0) is 16.6 Å². The smallest absolute Gasteiger partial charge is 0.261 e. The third kappa shape index (κ3) is 5.37. The molecule has 2 aromatic rings. The minimum Gasteiger partial charge on any atom is -0.493 e. The monoisotopic (exact) mass is 431 g/mol. The molecule has 0 bridgehead atoms. The SMILES string of the molecule is CS(=O)(=O)NCc1cc(N)ccc1OCCCCCN1C(=O)c2ccccc2C1=O. The standard InChI is InChI=1S/C21H25N3O5S/c1-30(27,28)23-14-15-13-16(22)9-10-19(15)29-12-6-2-5-11-24-20(25)17-7-3-4-8-18(17)21(24)26/h3-4,7-10,13,23H,2,5-6,11-12,14,22H2,1H3. The predicted octanol–water partition coefficient (Wildman–Crippen LogP) is 2.16. The summed E-state index contributed by atoms with van der Waals surface area (Å²) in [7, 11) is -3.33. The van der Waals surface area contributed by atoms with E-state index in [1.165, 1.54) is 4.90 Å². The molecule has 30 heavy (non-hydrogen) atoms. The summed E-state index contributed by atoms with van der Waals surface area (Å²) < 4.78 is 30.9. The molecule has 1 heterocycles. The highest BCUT2D eigenvalue weighted by molar-refractivity contribution is 7.88. The number of hydrogen-bond acceptors (Lipinski definition) is 6. The van der Waals surface area contributed by atoms with Gasteiger partial charge in [-0.25, -0.2) is 13.1 Å². The number of amides is 2. The molecule has 0 atom stereocenters. The van der Waals surface area contributed by atoms with E-state index in [0.29, 0.717) is 47.7 Å². The number of ether oxygens (including phenoxy) is 1. The van der Waals surface area contributed by atoms with Crippen LogP contribution in [0.2, 0.25) is 0 Å². The minimum atomic E-state index is -3.33. The zero-order chi connectivity index (χ0) is 21.7. The fourth-order valence-electron chi connectivity index (χ4n) is 3.26. The topological polar surface area (TPSA) is 119 Å². The van der Waals surface area contributed by atoms with Gasteiger partial charge in [0.15, 0.2) is 0 Å². The highest BCUT2D eigenvalue weighted by Crippen LogP contribution is 2.24. The lowest BCUT2D eigenvalue weighted by molar-refractivity contribution is 0.0651. The molecule has 9 heteroatoms. The van der Waals surface area contributed by atoms with Crippen LogP contribution in [0.3, 0.4) is 0 Å². The lowest BCUT2D eigenvalue weighted by Gasteiger charge is -2.14. The second-order valence-electron chi connectivity index (χ2n) is 7.18. The molecule has 3 N–H and O–H groups in total. The van der Waals surface area contributed by atoms with Gasteiger partial charge in [-0.1, -0.05) is 12.1 Å². The second kappa shape index (κ2) is 9.27. The van der Waals surface area contributed by atoms with E-state index in [9.17, 15) is 18.0 Å². The number of nitrogen functional groups attached to an aromatic ring is 1. The quantitative estimate of drug-likeness (QED) is 0.338. The molecule has 2 aromatic carbocycles. The first-order chi connectivity index (χ1) is 14.3. The first-order valence-electron chi connectivity index (χ1n) is 9.67. The Hall–Kier alpha value is -2.91. The molecule has 0 radical (unpaired) electrons. The third-order valence-corrected chi connectivity index (χ3v) is 5.44. The summed E-state index contributed by atoms with van der Waals surface area (Å²) in [6.07, 6.45) is 3.28. The maximum atomic E-state index is 12.3. The fraction of sp³-hybridized carbons (Fsp3) is 0.333.